The van der Waals surface area contributed by atoms with Gasteiger partial charge in [-0.05, 0) is 20.9 Å². The summed E-state index contributed by atoms with van der Waals surface area (Å²) >= 11 is 0. The lowest BCUT2D eigenvalue weighted by molar-refractivity contribution is 0.522. The van der Waals surface area contributed by atoms with Gasteiger partial charge in [-0.2, -0.15) is 4.98 Å². The molecule has 0 spiro atoms. The molecule has 80 valence electrons. The smallest absolute Gasteiger partial charge is 0.307 e. The van der Waals surface area contributed by atoms with Crippen LogP contribution in [0.3, 0.4) is 0 Å². The molecule has 0 saturated heterocycles. The van der Waals surface area contributed by atoms with Crippen molar-refractivity contribution in [1.82, 2.24) is 19.9 Å². The zero-order valence-electron chi connectivity index (χ0n) is 9.11. The quantitative estimate of drug-likeness (QED) is 0.819. The fourth-order valence-corrected chi connectivity index (χ4v) is 1.36. The van der Waals surface area contributed by atoms with Crippen LogP contribution in [0.4, 0.5) is 0 Å². The molecule has 0 bridgehead atoms. The highest BCUT2D eigenvalue weighted by Gasteiger charge is 2.09. The molecule has 0 aliphatic rings. The second kappa shape index (κ2) is 3.86. The van der Waals surface area contributed by atoms with Crippen molar-refractivity contribution in [3.8, 4) is 6.01 Å². The van der Waals surface area contributed by atoms with Crippen molar-refractivity contribution in [1.29, 1.82) is 0 Å². The lowest BCUT2D eigenvalue weighted by atomic mass is 10.4. The molecule has 0 aliphatic carbocycles. The zero-order chi connectivity index (χ0) is 10.8. The Balaban J connectivity index is 2.33. The van der Waals surface area contributed by atoms with Crippen LogP contribution >= 0.6 is 0 Å². The fraction of sp³-hybridized carbons (Fsp3) is 0.400. The van der Waals surface area contributed by atoms with E-state index in [0.717, 1.165) is 17.1 Å². The van der Waals surface area contributed by atoms with Gasteiger partial charge in [0.05, 0.1) is 11.4 Å². The van der Waals surface area contributed by atoms with Gasteiger partial charge in [0.1, 0.15) is 12.6 Å². The first-order chi connectivity index (χ1) is 7.22. The highest BCUT2D eigenvalue weighted by molar-refractivity contribution is 5.19. The van der Waals surface area contributed by atoms with Crippen LogP contribution in [0.15, 0.2) is 17.0 Å². The van der Waals surface area contributed by atoms with Gasteiger partial charge in [-0.25, -0.2) is 4.98 Å². The molecule has 5 heteroatoms. The molecule has 0 aliphatic heterocycles. The monoisotopic (exact) mass is 206 g/mol. The summed E-state index contributed by atoms with van der Waals surface area (Å²) in [6.07, 6.45) is 3.38. The van der Waals surface area contributed by atoms with E-state index < -0.39 is 0 Å². The Kier molecular flexibility index (Phi) is 2.55. The van der Waals surface area contributed by atoms with Crippen molar-refractivity contribution in [2.75, 3.05) is 7.05 Å². The van der Waals surface area contributed by atoms with Gasteiger partial charge in [-0.1, -0.05) is 0 Å². The minimum atomic E-state index is 0.568. The van der Waals surface area contributed by atoms with Gasteiger partial charge in [-0.15, -0.1) is 0 Å². The summed E-state index contributed by atoms with van der Waals surface area (Å²) < 4.78 is 7.21. The van der Waals surface area contributed by atoms with Crippen LogP contribution in [-0.2, 0) is 6.54 Å². The van der Waals surface area contributed by atoms with Gasteiger partial charge < -0.3 is 9.73 Å². The number of nitrogens with one attached hydrogen (secondary N) is 1. The number of nitrogens with zero attached hydrogens (tertiary/aromatic N) is 3. The molecule has 2 aromatic rings. The average molecular weight is 206 g/mol. The number of rotatable bonds is 3. The molecule has 0 unspecified atom stereocenters. The van der Waals surface area contributed by atoms with Gasteiger partial charge in [0, 0.05) is 12.2 Å². The van der Waals surface area contributed by atoms with Crippen molar-refractivity contribution in [3.63, 3.8) is 0 Å². The number of aryl methyl sites for hydroxylation is 1. The van der Waals surface area contributed by atoms with Gasteiger partial charge in [0.15, 0.2) is 0 Å². The summed E-state index contributed by atoms with van der Waals surface area (Å²) in [7, 11) is 1.88. The summed E-state index contributed by atoms with van der Waals surface area (Å²) in [5, 5.41) is 3.02. The number of hydrogen-bond acceptors (Lipinski definition) is 4. The van der Waals surface area contributed by atoms with Crippen LogP contribution in [0.25, 0.3) is 6.01 Å². The summed E-state index contributed by atoms with van der Waals surface area (Å²) in [5.74, 6) is 0. The number of imidazole rings is 1. The second-order valence-electron chi connectivity index (χ2n) is 3.44. The van der Waals surface area contributed by atoms with Crippen molar-refractivity contribution in [2.24, 2.45) is 0 Å². The van der Waals surface area contributed by atoms with Crippen LogP contribution in [0, 0.1) is 13.8 Å². The summed E-state index contributed by atoms with van der Waals surface area (Å²) in [5.41, 5.74) is 2.93. The largest absolute Gasteiger partial charge is 0.431 e. The topological polar surface area (TPSA) is 55.9 Å². The van der Waals surface area contributed by atoms with Crippen molar-refractivity contribution < 1.29 is 4.42 Å². The molecular formula is C10H14N4O. The molecular weight excluding hydrogens is 192 g/mol. The Morgan fingerprint density at radius 2 is 2.27 bits per heavy atom. The third kappa shape index (κ3) is 1.78. The molecule has 0 atom stereocenters. The molecule has 1 N–H and O–H groups in total. The normalized spacial score (nSPS) is 10.9. The van der Waals surface area contributed by atoms with Gasteiger partial charge in [0.2, 0.25) is 0 Å². The van der Waals surface area contributed by atoms with E-state index in [0.29, 0.717) is 12.6 Å². The van der Waals surface area contributed by atoms with E-state index in [-0.39, 0.29) is 0 Å². The molecule has 0 saturated carbocycles. The van der Waals surface area contributed by atoms with E-state index in [1.165, 1.54) is 0 Å². The molecule has 0 amide bonds. The number of oxazole rings is 1. The summed E-state index contributed by atoms with van der Waals surface area (Å²) in [4.78, 5) is 8.53. The Morgan fingerprint density at radius 1 is 1.47 bits per heavy atom. The average Bonchev–Trinajstić information content (AvgIpc) is 2.77. The van der Waals surface area contributed by atoms with E-state index in [4.69, 9.17) is 4.42 Å². The van der Waals surface area contributed by atoms with E-state index >= 15 is 0 Å². The Labute approximate surface area is 88.2 Å². The van der Waals surface area contributed by atoms with Crippen molar-refractivity contribution >= 4 is 0 Å². The standard InChI is InChI=1S/C10H14N4O/c1-7-8(2)14(6-12-7)10-13-9(4-11-3)5-15-10/h5-6,11H,4H2,1-3H3. The fourth-order valence-electron chi connectivity index (χ4n) is 1.36. The Hall–Kier alpha value is -1.62. The molecule has 15 heavy (non-hydrogen) atoms. The lowest BCUT2D eigenvalue weighted by Gasteiger charge is -1.97. The predicted octanol–water partition coefficient (Wildman–Crippen LogP) is 1.20. The van der Waals surface area contributed by atoms with E-state index in [1.807, 2.05) is 25.5 Å². The minimum absolute atomic E-state index is 0.568. The van der Waals surface area contributed by atoms with E-state index in [1.54, 1.807) is 12.6 Å². The summed E-state index contributed by atoms with van der Waals surface area (Å²) in [6.45, 7) is 4.66. The predicted molar refractivity (Wildman–Crippen MR) is 55.9 cm³/mol. The molecule has 2 heterocycles. The maximum atomic E-state index is 5.37. The number of hydrogen-bond donors (Lipinski definition) is 1. The van der Waals surface area contributed by atoms with Crippen molar-refractivity contribution in [3.05, 3.63) is 29.7 Å². The van der Waals surface area contributed by atoms with Crippen LogP contribution in [0.1, 0.15) is 17.1 Å². The Morgan fingerprint density at radius 3 is 2.87 bits per heavy atom. The van der Waals surface area contributed by atoms with Crippen molar-refractivity contribution in [2.45, 2.75) is 20.4 Å². The zero-order valence-corrected chi connectivity index (χ0v) is 9.11. The molecule has 2 rings (SSSR count). The van der Waals surface area contributed by atoms with Gasteiger partial charge in [0.25, 0.3) is 0 Å². The number of aromatic nitrogens is 3. The maximum absolute atomic E-state index is 5.37. The third-order valence-electron chi connectivity index (χ3n) is 2.36. The highest BCUT2D eigenvalue weighted by Crippen LogP contribution is 2.12. The van der Waals surface area contributed by atoms with Crippen LogP contribution in [0.2, 0.25) is 0 Å². The molecule has 0 fully saturated rings. The molecule has 0 aromatic carbocycles. The van der Waals surface area contributed by atoms with E-state index in [2.05, 4.69) is 15.3 Å². The van der Waals surface area contributed by atoms with Crippen LogP contribution < -0.4 is 5.32 Å². The first kappa shape index (κ1) is 9.92. The SMILES string of the molecule is CNCc1coc(-n2cnc(C)c2C)n1. The van der Waals surface area contributed by atoms with Gasteiger partial charge >= 0.3 is 6.01 Å². The van der Waals surface area contributed by atoms with E-state index in [9.17, 15) is 0 Å². The highest BCUT2D eigenvalue weighted by atomic mass is 16.4. The molecule has 0 radical (unpaired) electrons. The molecule has 5 nitrogen and oxygen atoms in total. The lowest BCUT2D eigenvalue weighted by Crippen LogP contribution is -2.05. The maximum Gasteiger partial charge on any atom is 0.307 e. The van der Waals surface area contributed by atoms with Crippen LogP contribution in [-0.4, -0.2) is 21.6 Å². The molecule has 2 aromatic heterocycles. The minimum Gasteiger partial charge on any atom is -0.431 e. The second-order valence-corrected chi connectivity index (χ2v) is 3.44. The third-order valence-corrected chi connectivity index (χ3v) is 2.36. The summed E-state index contributed by atoms with van der Waals surface area (Å²) in [6, 6.07) is 0.568. The first-order valence-electron chi connectivity index (χ1n) is 4.82. The Bertz CT molecular complexity index is 458. The van der Waals surface area contributed by atoms with Crippen LogP contribution in [0.5, 0.6) is 0 Å². The first-order valence-corrected chi connectivity index (χ1v) is 4.82. The van der Waals surface area contributed by atoms with Gasteiger partial charge in [-0.3, -0.25) is 4.57 Å².